The maximum absolute atomic E-state index is 12.3. The maximum atomic E-state index is 12.3. The molecule has 0 bridgehead atoms. The fraction of sp³-hybridized carbons (Fsp3) is 0.368. The fourth-order valence-electron chi connectivity index (χ4n) is 2.72. The van der Waals surface area contributed by atoms with Gasteiger partial charge in [-0.1, -0.05) is 0 Å². The van der Waals surface area contributed by atoms with Crippen LogP contribution >= 0.6 is 0 Å². The van der Waals surface area contributed by atoms with E-state index in [4.69, 9.17) is 9.47 Å². The standard InChI is InChI=1S/C19H24N4O3/c1-25-17-4-2-15(3-5-17)22-16-6-7-20-18(14-16)19(24)21-8-9-23-10-12-26-13-11-23/h2-7,14H,8-13H2,1H3,(H,20,22)(H,21,24). The Kier molecular flexibility index (Phi) is 6.40. The van der Waals surface area contributed by atoms with E-state index in [1.807, 2.05) is 30.3 Å². The number of nitrogens with one attached hydrogen (secondary N) is 2. The highest BCUT2D eigenvalue weighted by atomic mass is 16.5. The van der Waals surface area contributed by atoms with Gasteiger partial charge in [0.25, 0.3) is 5.91 Å². The second-order valence-corrected chi connectivity index (χ2v) is 5.99. The smallest absolute Gasteiger partial charge is 0.269 e. The summed E-state index contributed by atoms with van der Waals surface area (Å²) in [6, 6.07) is 11.2. The van der Waals surface area contributed by atoms with Crippen molar-refractivity contribution >= 4 is 17.3 Å². The summed E-state index contributed by atoms with van der Waals surface area (Å²) < 4.78 is 10.5. The first-order valence-corrected chi connectivity index (χ1v) is 8.70. The predicted molar refractivity (Wildman–Crippen MR) is 100 cm³/mol. The Morgan fingerprint density at radius 3 is 2.69 bits per heavy atom. The van der Waals surface area contributed by atoms with Crippen molar-refractivity contribution in [3.05, 3.63) is 48.3 Å². The van der Waals surface area contributed by atoms with Crippen molar-refractivity contribution in [2.75, 3.05) is 51.8 Å². The number of hydrogen-bond acceptors (Lipinski definition) is 6. The largest absolute Gasteiger partial charge is 0.497 e. The summed E-state index contributed by atoms with van der Waals surface area (Å²) in [6.07, 6.45) is 1.63. The van der Waals surface area contributed by atoms with Gasteiger partial charge in [-0.2, -0.15) is 0 Å². The quantitative estimate of drug-likeness (QED) is 0.789. The van der Waals surface area contributed by atoms with E-state index in [1.54, 1.807) is 19.4 Å². The third-order valence-corrected chi connectivity index (χ3v) is 4.19. The first-order valence-electron chi connectivity index (χ1n) is 8.70. The minimum atomic E-state index is -0.170. The van der Waals surface area contributed by atoms with Gasteiger partial charge < -0.3 is 20.1 Å². The van der Waals surface area contributed by atoms with Gasteiger partial charge in [-0.3, -0.25) is 14.7 Å². The molecule has 0 aliphatic carbocycles. The van der Waals surface area contributed by atoms with Crippen molar-refractivity contribution in [3.63, 3.8) is 0 Å². The average Bonchev–Trinajstić information content (AvgIpc) is 2.69. The van der Waals surface area contributed by atoms with Gasteiger partial charge >= 0.3 is 0 Å². The average molecular weight is 356 g/mol. The summed E-state index contributed by atoms with van der Waals surface area (Å²) in [5, 5.41) is 6.18. The number of ether oxygens (including phenoxy) is 2. The van der Waals surface area contributed by atoms with Gasteiger partial charge in [0.15, 0.2) is 0 Å². The molecule has 0 radical (unpaired) electrons. The molecule has 7 nitrogen and oxygen atoms in total. The summed E-state index contributed by atoms with van der Waals surface area (Å²) in [6.45, 7) is 4.75. The summed E-state index contributed by atoms with van der Waals surface area (Å²) in [7, 11) is 1.63. The van der Waals surface area contributed by atoms with Crippen LogP contribution in [-0.4, -0.2) is 62.3 Å². The summed E-state index contributed by atoms with van der Waals surface area (Å²) in [5.74, 6) is 0.627. The van der Waals surface area contributed by atoms with Crippen molar-refractivity contribution in [2.24, 2.45) is 0 Å². The van der Waals surface area contributed by atoms with Gasteiger partial charge in [0.05, 0.1) is 20.3 Å². The molecule has 1 saturated heterocycles. The van der Waals surface area contributed by atoms with E-state index in [9.17, 15) is 4.79 Å². The number of methoxy groups -OCH3 is 1. The van der Waals surface area contributed by atoms with E-state index >= 15 is 0 Å². The molecule has 2 aromatic rings. The van der Waals surface area contributed by atoms with E-state index in [1.165, 1.54) is 0 Å². The van der Waals surface area contributed by atoms with Crippen LogP contribution in [0.3, 0.4) is 0 Å². The Labute approximate surface area is 153 Å². The summed E-state index contributed by atoms with van der Waals surface area (Å²) in [4.78, 5) is 18.8. The van der Waals surface area contributed by atoms with Crippen molar-refractivity contribution < 1.29 is 14.3 Å². The van der Waals surface area contributed by atoms with Crippen LogP contribution in [0.4, 0.5) is 11.4 Å². The number of amides is 1. The molecule has 2 heterocycles. The number of anilines is 2. The predicted octanol–water partition coefficient (Wildman–Crippen LogP) is 1.90. The molecule has 3 rings (SSSR count). The molecule has 0 unspecified atom stereocenters. The molecule has 1 aromatic heterocycles. The molecule has 7 heteroatoms. The molecule has 138 valence electrons. The number of pyridine rings is 1. The van der Waals surface area contributed by atoms with E-state index in [0.717, 1.165) is 50.0 Å². The number of rotatable bonds is 7. The third kappa shape index (κ3) is 5.18. The molecule has 1 amide bonds. The van der Waals surface area contributed by atoms with Gasteiger partial charge in [0.2, 0.25) is 0 Å². The van der Waals surface area contributed by atoms with Crippen LogP contribution in [0.5, 0.6) is 5.75 Å². The van der Waals surface area contributed by atoms with Crippen molar-refractivity contribution in [1.29, 1.82) is 0 Å². The lowest BCUT2D eigenvalue weighted by Gasteiger charge is -2.26. The van der Waals surface area contributed by atoms with Gasteiger partial charge in [-0.15, -0.1) is 0 Å². The zero-order valence-corrected chi connectivity index (χ0v) is 14.9. The first-order chi connectivity index (χ1) is 12.7. The normalized spacial score (nSPS) is 14.7. The molecule has 0 atom stereocenters. The minimum Gasteiger partial charge on any atom is -0.497 e. The van der Waals surface area contributed by atoms with Crippen LogP contribution in [-0.2, 0) is 4.74 Å². The topological polar surface area (TPSA) is 75.7 Å². The highest BCUT2D eigenvalue weighted by molar-refractivity contribution is 5.93. The number of aromatic nitrogens is 1. The Bertz CT molecular complexity index is 715. The molecular weight excluding hydrogens is 332 g/mol. The molecule has 26 heavy (non-hydrogen) atoms. The van der Waals surface area contributed by atoms with Crippen molar-refractivity contribution in [3.8, 4) is 5.75 Å². The van der Waals surface area contributed by atoms with Crippen molar-refractivity contribution in [1.82, 2.24) is 15.2 Å². The van der Waals surface area contributed by atoms with Crippen LogP contribution in [0.25, 0.3) is 0 Å². The highest BCUT2D eigenvalue weighted by Gasteiger charge is 2.12. The van der Waals surface area contributed by atoms with Crippen LogP contribution < -0.4 is 15.4 Å². The Morgan fingerprint density at radius 2 is 1.96 bits per heavy atom. The number of hydrogen-bond donors (Lipinski definition) is 2. The Morgan fingerprint density at radius 1 is 1.19 bits per heavy atom. The van der Waals surface area contributed by atoms with Crippen LogP contribution in [0.2, 0.25) is 0 Å². The molecule has 1 fully saturated rings. The Balaban J connectivity index is 1.52. The number of nitrogens with zero attached hydrogens (tertiary/aromatic N) is 2. The summed E-state index contributed by atoms with van der Waals surface area (Å²) in [5.41, 5.74) is 2.12. The second kappa shape index (κ2) is 9.17. The molecule has 0 saturated carbocycles. The van der Waals surface area contributed by atoms with Crippen LogP contribution in [0.1, 0.15) is 10.5 Å². The van der Waals surface area contributed by atoms with Gasteiger partial charge in [-0.05, 0) is 36.4 Å². The monoisotopic (exact) mass is 356 g/mol. The van der Waals surface area contributed by atoms with Gasteiger partial charge in [0, 0.05) is 43.8 Å². The highest BCUT2D eigenvalue weighted by Crippen LogP contribution is 2.20. The van der Waals surface area contributed by atoms with E-state index in [0.29, 0.717) is 12.2 Å². The second-order valence-electron chi connectivity index (χ2n) is 5.99. The maximum Gasteiger partial charge on any atom is 0.269 e. The number of carbonyl (C=O) groups is 1. The molecule has 2 N–H and O–H groups in total. The molecule has 1 aliphatic heterocycles. The SMILES string of the molecule is COc1ccc(Nc2ccnc(C(=O)NCCN3CCOCC3)c2)cc1. The first kappa shape index (κ1) is 18.2. The molecular formula is C19H24N4O3. The lowest BCUT2D eigenvalue weighted by molar-refractivity contribution is 0.0383. The van der Waals surface area contributed by atoms with Gasteiger partial charge in [0.1, 0.15) is 11.4 Å². The Hall–Kier alpha value is -2.64. The van der Waals surface area contributed by atoms with E-state index in [-0.39, 0.29) is 5.91 Å². The van der Waals surface area contributed by atoms with Crippen LogP contribution in [0, 0.1) is 0 Å². The van der Waals surface area contributed by atoms with Gasteiger partial charge in [-0.25, -0.2) is 0 Å². The summed E-state index contributed by atoms with van der Waals surface area (Å²) >= 11 is 0. The van der Waals surface area contributed by atoms with E-state index < -0.39 is 0 Å². The van der Waals surface area contributed by atoms with Crippen LogP contribution in [0.15, 0.2) is 42.6 Å². The van der Waals surface area contributed by atoms with Crippen molar-refractivity contribution in [2.45, 2.75) is 0 Å². The molecule has 0 spiro atoms. The third-order valence-electron chi connectivity index (χ3n) is 4.19. The molecule has 1 aromatic carbocycles. The number of carbonyl (C=O) groups excluding carboxylic acids is 1. The zero-order valence-electron chi connectivity index (χ0n) is 14.9. The molecule has 1 aliphatic rings. The fourth-order valence-corrected chi connectivity index (χ4v) is 2.72. The zero-order chi connectivity index (χ0) is 18.2. The minimum absolute atomic E-state index is 0.170. The lowest BCUT2D eigenvalue weighted by atomic mass is 10.2. The lowest BCUT2D eigenvalue weighted by Crippen LogP contribution is -2.41. The number of benzene rings is 1. The van der Waals surface area contributed by atoms with E-state index in [2.05, 4.69) is 20.5 Å². The number of morpholine rings is 1.